The maximum atomic E-state index is 14.8. The van der Waals surface area contributed by atoms with E-state index in [0.717, 1.165) is 6.07 Å². The first-order valence-corrected chi connectivity index (χ1v) is 9.39. The van der Waals surface area contributed by atoms with Crippen molar-refractivity contribution in [2.24, 2.45) is 0 Å². The van der Waals surface area contributed by atoms with Gasteiger partial charge in [0.2, 0.25) is 0 Å². The highest BCUT2D eigenvalue weighted by Gasteiger charge is 2.39. The second kappa shape index (κ2) is 7.63. The van der Waals surface area contributed by atoms with Crippen LogP contribution in [0.15, 0.2) is 42.6 Å². The lowest BCUT2D eigenvalue weighted by atomic mass is 10.1. The van der Waals surface area contributed by atoms with E-state index in [4.69, 9.17) is 23.2 Å². The number of benzene rings is 2. The van der Waals surface area contributed by atoms with E-state index in [1.165, 1.54) is 24.4 Å². The first-order valence-electron chi connectivity index (χ1n) is 8.64. The number of aromatic nitrogens is 3. The SMILES string of the molecule is Fc1cc(-c2ncc(Cl)cc2Cl)ccc1-c1nc2c(C(F)(F)F)cc(C(F)(F)F)cc2[nH]1. The molecule has 0 aliphatic carbocycles. The second-order valence-electron chi connectivity index (χ2n) is 6.68. The lowest BCUT2D eigenvalue weighted by Crippen LogP contribution is -2.11. The van der Waals surface area contributed by atoms with E-state index in [1.54, 1.807) is 0 Å². The van der Waals surface area contributed by atoms with Crippen molar-refractivity contribution in [3.05, 3.63) is 69.6 Å². The Labute approximate surface area is 184 Å². The lowest BCUT2D eigenvalue weighted by Gasteiger charge is -2.11. The summed E-state index contributed by atoms with van der Waals surface area (Å²) in [5.41, 5.74) is -4.18. The Kier molecular flexibility index (Phi) is 5.33. The number of imidazole rings is 1. The van der Waals surface area contributed by atoms with Gasteiger partial charge in [-0.15, -0.1) is 0 Å². The summed E-state index contributed by atoms with van der Waals surface area (Å²) in [7, 11) is 0. The number of halogens is 9. The summed E-state index contributed by atoms with van der Waals surface area (Å²) >= 11 is 11.8. The minimum atomic E-state index is -5.11. The third-order valence-electron chi connectivity index (χ3n) is 4.52. The van der Waals surface area contributed by atoms with Crippen molar-refractivity contribution in [1.82, 2.24) is 15.0 Å². The Morgan fingerprint density at radius 3 is 2.19 bits per heavy atom. The summed E-state index contributed by atoms with van der Waals surface area (Å²) in [6.45, 7) is 0. The van der Waals surface area contributed by atoms with Gasteiger partial charge in [0, 0.05) is 11.8 Å². The fourth-order valence-corrected chi connectivity index (χ4v) is 3.60. The summed E-state index contributed by atoms with van der Waals surface area (Å²) < 4.78 is 94.0. The smallest absolute Gasteiger partial charge is 0.338 e. The van der Waals surface area contributed by atoms with E-state index >= 15 is 0 Å². The lowest BCUT2D eigenvalue weighted by molar-refractivity contribution is -0.142. The topological polar surface area (TPSA) is 41.6 Å². The molecule has 0 unspecified atom stereocenters. The molecule has 166 valence electrons. The Morgan fingerprint density at radius 2 is 1.59 bits per heavy atom. The average Bonchev–Trinajstić information content (AvgIpc) is 3.09. The minimum absolute atomic E-state index is 0.0272. The summed E-state index contributed by atoms with van der Waals surface area (Å²) in [5, 5.41) is 0.402. The van der Waals surface area contributed by atoms with Gasteiger partial charge in [0.25, 0.3) is 0 Å². The van der Waals surface area contributed by atoms with E-state index in [0.29, 0.717) is 6.07 Å². The minimum Gasteiger partial charge on any atom is -0.338 e. The molecular weight excluding hydrogens is 486 g/mol. The molecule has 2 aromatic carbocycles. The number of alkyl halides is 6. The summed E-state index contributed by atoms with van der Waals surface area (Å²) in [5.74, 6) is -1.27. The molecule has 0 saturated heterocycles. The molecule has 3 nitrogen and oxygen atoms in total. The van der Waals surface area contributed by atoms with Crippen LogP contribution in [0.25, 0.3) is 33.7 Å². The van der Waals surface area contributed by atoms with Gasteiger partial charge in [-0.05, 0) is 30.3 Å². The number of fused-ring (bicyclic) bond motifs is 1. The van der Waals surface area contributed by atoms with Gasteiger partial charge in [-0.25, -0.2) is 9.37 Å². The van der Waals surface area contributed by atoms with Crippen LogP contribution in [-0.2, 0) is 12.4 Å². The van der Waals surface area contributed by atoms with Crippen molar-refractivity contribution in [2.45, 2.75) is 12.4 Å². The third kappa shape index (κ3) is 4.12. The van der Waals surface area contributed by atoms with Gasteiger partial charge in [-0.2, -0.15) is 26.3 Å². The largest absolute Gasteiger partial charge is 0.418 e. The molecule has 1 N–H and O–H groups in total. The van der Waals surface area contributed by atoms with Gasteiger partial charge in [0.05, 0.1) is 37.9 Å². The molecule has 0 saturated carbocycles. The number of aromatic amines is 1. The zero-order valence-electron chi connectivity index (χ0n) is 15.3. The van der Waals surface area contributed by atoms with E-state index in [-0.39, 0.29) is 38.8 Å². The van der Waals surface area contributed by atoms with E-state index in [2.05, 4.69) is 15.0 Å². The van der Waals surface area contributed by atoms with Crippen LogP contribution in [-0.4, -0.2) is 15.0 Å². The van der Waals surface area contributed by atoms with Crippen LogP contribution in [0.1, 0.15) is 11.1 Å². The van der Waals surface area contributed by atoms with Crippen molar-refractivity contribution in [1.29, 1.82) is 0 Å². The highest BCUT2D eigenvalue weighted by molar-refractivity contribution is 6.36. The predicted molar refractivity (Wildman–Crippen MR) is 105 cm³/mol. The van der Waals surface area contributed by atoms with Crippen LogP contribution in [0.3, 0.4) is 0 Å². The first kappa shape index (κ1) is 22.3. The molecule has 4 rings (SSSR count). The van der Waals surface area contributed by atoms with Gasteiger partial charge in [-0.3, -0.25) is 4.98 Å². The van der Waals surface area contributed by atoms with Crippen LogP contribution >= 0.6 is 23.2 Å². The van der Waals surface area contributed by atoms with E-state index in [9.17, 15) is 30.7 Å². The zero-order valence-corrected chi connectivity index (χ0v) is 16.8. The second-order valence-corrected chi connectivity index (χ2v) is 7.52. The Morgan fingerprint density at radius 1 is 0.875 bits per heavy atom. The summed E-state index contributed by atoms with van der Waals surface area (Å²) in [4.78, 5) is 10.1. The van der Waals surface area contributed by atoms with Crippen LogP contribution in [0.4, 0.5) is 30.7 Å². The van der Waals surface area contributed by atoms with Gasteiger partial charge >= 0.3 is 12.4 Å². The van der Waals surface area contributed by atoms with Crippen molar-refractivity contribution in [3.8, 4) is 22.6 Å². The number of hydrogen-bond acceptors (Lipinski definition) is 2. The number of rotatable bonds is 2. The maximum absolute atomic E-state index is 14.8. The molecule has 0 radical (unpaired) electrons. The molecule has 32 heavy (non-hydrogen) atoms. The first-order chi connectivity index (χ1) is 14.8. The zero-order chi connectivity index (χ0) is 23.4. The molecule has 0 fully saturated rings. The van der Waals surface area contributed by atoms with Gasteiger partial charge in [0.15, 0.2) is 0 Å². The highest BCUT2D eigenvalue weighted by Crippen LogP contribution is 2.40. The average molecular weight is 494 g/mol. The molecule has 0 aliphatic heterocycles. The van der Waals surface area contributed by atoms with E-state index < -0.39 is 40.3 Å². The molecule has 0 atom stereocenters. The third-order valence-corrected chi connectivity index (χ3v) is 5.02. The van der Waals surface area contributed by atoms with Gasteiger partial charge in [0.1, 0.15) is 17.2 Å². The standard InChI is InChI=1S/C20H8Cl2F7N3/c21-10-6-13(22)16(30-7-10)8-1-2-11(14(23)3-8)18-31-15-5-9(19(24,25)26)4-12(17(15)32-18)20(27,28)29/h1-7H,(H,31,32). The molecule has 2 aromatic heterocycles. The van der Waals surface area contributed by atoms with E-state index in [1.807, 2.05) is 0 Å². The number of H-pyrrole nitrogens is 1. The van der Waals surface area contributed by atoms with Crippen molar-refractivity contribution in [3.63, 3.8) is 0 Å². The number of nitrogens with one attached hydrogen (secondary N) is 1. The molecule has 0 spiro atoms. The quantitative estimate of drug-likeness (QED) is 0.289. The van der Waals surface area contributed by atoms with Crippen molar-refractivity contribution < 1.29 is 30.7 Å². The van der Waals surface area contributed by atoms with Crippen LogP contribution in [0, 0.1) is 5.82 Å². The Balaban J connectivity index is 1.85. The number of nitrogens with zero attached hydrogens (tertiary/aromatic N) is 2. The monoisotopic (exact) mass is 493 g/mol. The highest BCUT2D eigenvalue weighted by atomic mass is 35.5. The normalized spacial score (nSPS) is 12.5. The number of hydrogen-bond donors (Lipinski definition) is 1. The van der Waals surface area contributed by atoms with Crippen LogP contribution < -0.4 is 0 Å². The Bertz CT molecular complexity index is 1340. The number of pyridine rings is 1. The molecule has 0 aliphatic rings. The van der Waals surface area contributed by atoms with Gasteiger partial charge in [-0.1, -0.05) is 29.3 Å². The molecule has 0 amide bonds. The molecular formula is C20H8Cl2F7N3. The van der Waals surface area contributed by atoms with Gasteiger partial charge < -0.3 is 4.98 Å². The molecule has 4 aromatic rings. The Hall–Kier alpha value is -2.85. The molecule has 2 heterocycles. The fraction of sp³-hybridized carbons (Fsp3) is 0.100. The predicted octanol–water partition coefficient (Wildman–Crippen LogP) is 7.78. The molecule has 12 heteroatoms. The van der Waals surface area contributed by atoms with Crippen LogP contribution in [0.5, 0.6) is 0 Å². The van der Waals surface area contributed by atoms with Crippen molar-refractivity contribution >= 4 is 34.2 Å². The molecule has 0 bridgehead atoms. The summed E-state index contributed by atoms with van der Waals surface area (Å²) in [6, 6.07) is 5.47. The fourth-order valence-electron chi connectivity index (χ4n) is 3.11. The van der Waals surface area contributed by atoms with Crippen LogP contribution in [0.2, 0.25) is 10.0 Å². The van der Waals surface area contributed by atoms with Crippen molar-refractivity contribution in [2.75, 3.05) is 0 Å². The maximum Gasteiger partial charge on any atom is 0.418 e. The summed E-state index contributed by atoms with van der Waals surface area (Å²) in [6.07, 6.45) is -8.83.